The van der Waals surface area contributed by atoms with Gasteiger partial charge in [0.25, 0.3) is 0 Å². The van der Waals surface area contributed by atoms with Crippen LogP contribution in [-0.4, -0.2) is 35.8 Å². The number of anilines is 1. The summed E-state index contributed by atoms with van der Waals surface area (Å²) in [5.41, 5.74) is 0.897. The van der Waals surface area contributed by atoms with Gasteiger partial charge in [-0.25, -0.2) is 4.98 Å². The zero-order valence-corrected chi connectivity index (χ0v) is 12.3. The van der Waals surface area contributed by atoms with E-state index < -0.39 is 0 Å². The first-order valence-electron chi connectivity index (χ1n) is 7.62. The molecule has 3 rings (SSSR count). The minimum Gasteiger partial charge on any atom is -0.474 e. The maximum absolute atomic E-state index is 5.91. The molecular weight excluding hydrogens is 266 g/mol. The van der Waals surface area contributed by atoms with Crippen molar-refractivity contribution in [2.75, 3.05) is 25.1 Å². The van der Waals surface area contributed by atoms with Gasteiger partial charge in [0, 0.05) is 13.2 Å². The number of nitrogens with zero attached hydrogens (tertiary/aromatic N) is 2. The Bertz CT molecular complexity index is 597. The maximum atomic E-state index is 5.91. The van der Waals surface area contributed by atoms with Crippen LogP contribution in [0.3, 0.4) is 0 Å². The number of para-hydroxylation sites is 1. The lowest BCUT2D eigenvalue weighted by Gasteiger charge is -2.13. The maximum Gasteiger partial charge on any atom is 0.226 e. The van der Waals surface area contributed by atoms with Crippen LogP contribution in [-0.2, 0) is 4.74 Å². The average Bonchev–Trinajstić information content (AvgIpc) is 3.04. The van der Waals surface area contributed by atoms with E-state index in [-0.39, 0.29) is 6.10 Å². The lowest BCUT2D eigenvalue weighted by molar-refractivity contribution is 0.0669. The fraction of sp³-hybridized carbons (Fsp3) is 0.500. The molecule has 5 nitrogen and oxygen atoms in total. The van der Waals surface area contributed by atoms with Crippen molar-refractivity contribution in [1.29, 1.82) is 0 Å². The highest BCUT2D eigenvalue weighted by Gasteiger charge is 2.17. The Kier molecular flexibility index (Phi) is 4.50. The number of nitrogens with one attached hydrogen (secondary N) is 1. The van der Waals surface area contributed by atoms with Gasteiger partial charge in [-0.3, -0.25) is 0 Å². The number of hydrogen-bond acceptors (Lipinski definition) is 5. The number of aromatic nitrogens is 2. The molecule has 112 valence electrons. The van der Waals surface area contributed by atoms with Crippen LogP contribution in [0.1, 0.15) is 26.2 Å². The SMILES string of the molecule is CCCNc1nc(OCC2CCCO2)c2ccccc2n1. The van der Waals surface area contributed by atoms with Gasteiger partial charge in [0.15, 0.2) is 0 Å². The molecule has 0 saturated carbocycles. The van der Waals surface area contributed by atoms with Crippen LogP contribution >= 0.6 is 0 Å². The third-order valence-electron chi connectivity index (χ3n) is 3.53. The minimum absolute atomic E-state index is 0.186. The van der Waals surface area contributed by atoms with E-state index >= 15 is 0 Å². The second-order valence-electron chi connectivity index (χ2n) is 5.24. The molecule has 5 heteroatoms. The van der Waals surface area contributed by atoms with Gasteiger partial charge >= 0.3 is 0 Å². The summed E-state index contributed by atoms with van der Waals surface area (Å²) in [5.74, 6) is 1.26. The van der Waals surface area contributed by atoms with Crippen molar-refractivity contribution in [3.63, 3.8) is 0 Å². The fourth-order valence-corrected chi connectivity index (χ4v) is 2.42. The largest absolute Gasteiger partial charge is 0.474 e. The molecule has 1 aromatic heterocycles. The van der Waals surface area contributed by atoms with Crippen molar-refractivity contribution in [3.8, 4) is 5.88 Å². The predicted octanol–water partition coefficient (Wildman–Crippen LogP) is 3.01. The van der Waals surface area contributed by atoms with Crippen LogP contribution in [0.5, 0.6) is 5.88 Å². The van der Waals surface area contributed by atoms with E-state index in [2.05, 4.69) is 22.2 Å². The molecule has 0 aliphatic carbocycles. The van der Waals surface area contributed by atoms with Crippen LogP contribution in [0.25, 0.3) is 10.9 Å². The molecule has 1 aromatic carbocycles. The van der Waals surface area contributed by atoms with Crippen molar-refractivity contribution in [3.05, 3.63) is 24.3 Å². The first kappa shape index (κ1) is 14.1. The summed E-state index contributed by atoms with van der Waals surface area (Å²) in [7, 11) is 0. The van der Waals surface area contributed by atoms with E-state index in [0.29, 0.717) is 18.4 Å². The molecule has 1 fully saturated rings. The van der Waals surface area contributed by atoms with Gasteiger partial charge in [-0.1, -0.05) is 19.1 Å². The van der Waals surface area contributed by atoms with E-state index in [1.54, 1.807) is 0 Å². The van der Waals surface area contributed by atoms with Crippen molar-refractivity contribution < 1.29 is 9.47 Å². The molecule has 1 N–H and O–H groups in total. The third-order valence-corrected chi connectivity index (χ3v) is 3.53. The van der Waals surface area contributed by atoms with Crippen molar-refractivity contribution >= 4 is 16.9 Å². The molecule has 0 spiro atoms. The quantitative estimate of drug-likeness (QED) is 0.885. The third kappa shape index (κ3) is 3.42. The van der Waals surface area contributed by atoms with Gasteiger partial charge in [0.05, 0.1) is 17.0 Å². The zero-order chi connectivity index (χ0) is 14.5. The van der Waals surface area contributed by atoms with Crippen LogP contribution in [0, 0.1) is 0 Å². The lowest BCUT2D eigenvalue weighted by Crippen LogP contribution is -2.17. The van der Waals surface area contributed by atoms with Gasteiger partial charge in [0.2, 0.25) is 11.8 Å². The Labute approximate surface area is 124 Å². The van der Waals surface area contributed by atoms with Gasteiger partial charge < -0.3 is 14.8 Å². The molecule has 1 saturated heterocycles. The molecule has 1 aliphatic heterocycles. The molecule has 0 bridgehead atoms. The zero-order valence-electron chi connectivity index (χ0n) is 12.3. The molecule has 2 heterocycles. The summed E-state index contributed by atoms with van der Waals surface area (Å²) in [5, 5.41) is 4.16. The van der Waals surface area contributed by atoms with Gasteiger partial charge in [0.1, 0.15) is 6.61 Å². The van der Waals surface area contributed by atoms with E-state index in [9.17, 15) is 0 Å². The van der Waals surface area contributed by atoms with Crippen LogP contribution in [0.15, 0.2) is 24.3 Å². The highest BCUT2D eigenvalue weighted by Crippen LogP contribution is 2.24. The van der Waals surface area contributed by atoms with Crippen LogP contribution < -0.4 is 10.1 Å². The predicted molar refractivity (Wildman–Crippen MR) is 82.8 cm³/mol. The molecule has 0 radical (unpaired) electrons. The molecule has 1 atom stereocenters. The Hall–Kier alpha value is -1.88. The van der Waals surface area contributed by atoms with Gasteiger partial charge in [-0.15, -0.1) is 0 Å². The lowest BCUT2D eigenvalue weighted by atomic mass is 10.2. The monoisotopic (exact) mass is 287 g/mol. The molecule has 21 heavy (non-hydrogen) atoms. The van der Waals surface area contributed by atoms with Gasteiger partial charge in [-0.2, -0.15) is 4.98 Å². The standard InChI is InChI=1S/C16H21N3O2/c1-2-9-17-16-18-14-8-4-3-7-13(14)15(19-16)21-11-12-6-5-10-20-12/h3-4,7-8,12H,2,5-6,9-11H2,1H3,(H,17,18,19). The molecular formula is C16H21N3O2. The molecule has 1 unspecified atom stereocenters. The normalized spacial score (nSPS) is 18.0. The summed E-state index contributed by atoms with van der Waals surface area (Å²) >= 11 is 0. The minimum atomic E-state index is 0.186. The number of fused-ring (bicyclic) bond motifs is 1. The van der Waals surface area contributed by atoms with E-state index in [1.165, 1.54) is 0 Å². The second-order valence-corrected chi connectivity index (χ2v) is 5.24. The van der Waals surface area contributed by atoms with Crippen LogP contribution in [0.4, 0.5) is 5.95 Å². The highest BCUT2D eigenvalue weighted by molar-refractivity contribution is 5.84. The molecule has 1 aliphatic rings. The summed E-state index contributed by atoms with van der Waals surface area (Å²) in [4.78, 5) is 9.02. The number of ether oxygens (including phenoxy) is 2. The van der Waals surface area contributed by atoms with Crippen molar-refractivity contribution in [2.24, 2.45) is 0 Å². The smallest absolute Gasteiger partial charge is 0.226 e. The summed E-state index contributed by atoms with van der Waals surface area (Å²) < 4.78 is 11.5. The Morgan fingerprint density at radius 2 is 2.24 bits per heavy atom. The molecule has 0 amide bonds. The molecule has 2 aromatic rings. The average molecular weight is 287 g/mol. The van der Waals surface area contributed by atoms with Crippen LogP contribution in [0.2, 0.25) is 0 Å². The fourth-order valence-electron chi connectivity index (χ4n) is 2.42. The summed E-state index contributed by atoms with van der Waals surface area (Å²) in [6.07, 6.45) is 3.39. The highest BCUT2D eigenvalue weighted by atomic mass is 16.5. The van der Waals surface area contributed by atoms with E-state index in [0.717, 1.165) is 43.3 Å². The Balaban J connectivity index is 1.82. The first-order chi connectivity index (χ1) is 10.4. The first-order valence-corrected chi connectivity index (χ1v) is 7.62. The van der Waals surface area contributed by atoms with Crippen molar-refractivity contribution in [1.82, 2.24) is 9.97 Å². The number of hydrogen-bond donors (Lipinski definition) is 1. The summed E-state index contributed by atoms with van der Waals surface area (Å²) in [6, 6.07) is 7.92. The van der Waals surface area contributed by atoms with Crippen molar-refractivity contribution in [2.45, 2.75) is 32.3 Å². The summed E-state index contributed by atoms with van der Waals surface area (Å²) in [6.45, 7) is 4.35. The number of benzene rings is 1. The Morgan fingerprint density at radius 1 is 1.33 bits per heavy atom. The Morgan fingerprint density at radius 3 is 3.05 bits per heavy atom. The topological polar surface area (TPSA) is 56.3 Å². The number of rotatable bonds is 6. The van der Waals surface area contributed by atoms with E-state index in [4.69, 9.17) is 9.47 Å². The second kappa shape index (κ2) is 6.72. The van der Waals surface area contributed by atoms with E-state index in [1.807, 2.05) is 24.3 Å². The van der Waals surface area contributed by atoms with Gasteiger partial charge in [-0.05, 0) is 31.4 Å².